The first kappa shape index (κ1) is 10.2. The van der Waals surface area contributed by atoms with E-state index in [0.717, 1.165) is 17.1 Å². The van der Waals surface area contributed by atoms with E-state index in [1.165, 1.54) is 0 Å². The van der Waals surface area contributed by atoms with Crippen LogP contribution in [0.5, 0.6) is 5.75 Å². The fourth-order valence-corrected chi connectivity index (χ4v) is 1.52. The Bertz CT molecular complexity index is 534. The van der Waals surface area contributed by atoms with Crippen LogP contribution in [0.2, 0.25) is 0 Å². The molecule has 0 spiro atoms. The number of benzene rings is 1. The first-order valence-corrected chi connectivity index (χ1v) is 4.82. The van der Waals surface area contributed by atoms with E-state index in [2.05, 4.69) is 11.1 Å². The normalized spacial score (nSPS) is 9.81. The van der Waals surface area contributed by atoms with E-state index in [-0.39, 0.29) is 0 Å². The first-order chi connectivity index (χ1) is 7.76. The zero-order chi connectivity index (χ0) is 11.5. The molecule has 0 aliphatic rings. The van der Waals surface area contributed by atoms with Gasteiger partial charge in [0.1, 0.15) is 23.3 Å². The standard InChI is InChI=1S/C12H11N3O/c1-15-10(7-13)8-14-12(15)9-3-5-11(16-2)6-4-9/h3-6,8H,1-2H3. The highest BCUT2D eigenvalue weighted by atomic mass is 16.5. The summed E-state index contributed by atoms with van der Waals surface area (Å²) >= 11 is 0. The lowest BCUT2D eigenvalue weighted by Gasteiger charge is -2.03. The average Bonchev–Trinajstić information content (AvgIpc) is 2.70. The zero-order valence-corrected chi connectivity index (χ0v) is 9.14. The molecule has 1 aromatic heterocycles. The third-order valence-corrected chi connectivity index (χ3v) is 2.45. The molecule has 0 saturated carbocycles. The van der Waals surface area contributed by atoms with Crippen molar-refractivity contribution in [2.75, 3.05) is 7.11 Å². The van der Waals surface area contributed by atoms with Crippen LogP contribution in [0.3, 0.4) is 0 Å². The molecule has 0 bridgehead atoms. The van der Waals surface area contributed by atoms with Gasteiger partial charge in [0.15, 0.2) is 0 Å². The molecule has 16 heavy (non-hydrogen) atoms. The van der Waals surface area contributed by atoms with Gasteiger partial charge in [0.25, 0.3) is 0 Å². The lowest BCUT2D eigenvalue weighted by molar-refractivity contribution is 0.415. The summed E-state index contributed by atoms with van der Waals surface area (Å²) in [4.78, 5) is 4.21. The molecule has 0 unspecified atom stereocenters. The van der Waals surface area contributed by atoms with Gasteiger partial charge in [-0.15, -0.1) is 0 Å². The van der Waals surface area contributed by atoms with Gasteiger partial charge in [0.05, 0.1) is 13.3 Å². The van der Waals surface area contributed by atoms with Gasteiger partial charge in [-0.2, -0.15) is 5.26 Å². The van der Waals surface area contributed by atoms with Crippen LogP contribution in [0, 0.1) is 11.3 Å². The van der Waals surface area contributed by atoms with Gasteiger partial charge in [-0.1, -0.05) is 0 Å². The number of methoxy groups -OCH3 is 1. The maximum atomic E-state index is 8.83. The molecule has 80 valence electrons. The van der Waals surface area contributed by atoms with Gasteiger partial charge in [0, 0.05) is 12.6 Å². The van der Waals surface area contributed by atoms with Gasteiger partial charge < -0.3 is 9.30 Å². The minimum atomic E-state index is 0.547. The molecule has 0 aliphatic carbocycles. The van der Waals surface area contributed by atoms with Crippen LogP contribution in [0.1, 0.15) is 5.69 Å². The van der Waals surface area contributed by atoms with Crippen molar-refractivity contribution in [2.45, 2.75) is 0 Å². The van der Waals surface area contributed by atoms with Gasteiger partial charge in [-0.25, -0.2) is 4.98 Å². The highest BCUT2D eigenvalue weighted by Crippen LogP contribution is 2.21. The third-order valence-electron chi connectivity index (χ3n) is 2.45. The molecule has 1 heterocycles. The highest BCUT2D eigenvalue weighted by Gasteiger charge is 2.07. The van der Waals surface area contributed by atoms with E-state index >= 15 is 0 Å². The summed E-state index contributed by atoms with van der Waals surface area (Å²) in [5.74, 6) is 1.58. The number of imidazole rings is 1. The molecule has 0 N–H and O–H groups in total. The van der Waals surface area contributed by atoms with Crippen molar-refractivity contribution in [3.8, 4) is 23.2 Å². The van der Waals surface area contributed by atoms with Crippen LogP contribution in [-0.2, 0) is 7.05 Å². The molecule has 2 aromatic rings. The summed E-state index contributed by atoms with van der Waals surface area (Å²) in [5, 5.41) is 8.83. The molecule has 0 aliphatic heterocycles. The van der Waals surface area contributed by atoms with Crippen molar-refractivity contribution in [1.82, 2.24) is 9.55 Å². The summed E-state index contributed by atoms with van der Waals surface area (Å²) in [6, 6.07) is 9.66. The monoisotopic (exact) mass is 213 g/mol. The summed E-state index contributed by atoms with van der Waals surface area (Å²) in [6.45, 7) is 0. The number of hydrogen-bond acceptors (Lipinski definition) is 3. The molecule has 0 amide bonds. The van der Waals surface area contributed by atoms with E-state index in [9.17, 15) is 0 Å². The fourth-order valence-electron chi connectivity index (χ4n) is 1.52. The molecule has 0 atom stereocenters. The molecule has 2 rings (SSSR count). The molecular weight excluding hydrogens is 202 g/mol. The Morgan fingerprint density at radius 3 is 2.50 bits per heavy atom. The maximum absolute atomic E-state index is 8.83. The maximum Gasteiger partial charge on any atom is 0.140 e. The number of nitriles is 1. The summed E-state index contributed by atoms with van der Waals surface area (Å²) in [7, 11) is 3.45. The second-order valence-electron chi connectivity index (χ2n) is 3.37. The van der Waals surface area contributed by atoms with Crippen molar-refractivity contribution >= 4 is 0 Å². The van der Waals surface area contributed by atoms with Crippen LogP contribution in [-0.4, -0.2) is 16.7 Å². The minimum absolute atomic E-state index is 0.547. The predicted octanol–water partition coefficient (Wildman–Crippen LogP) is 1.97. The third kappa shape index (κ3) is 1.63. The summed E-state index contributed by atoms with van der Waals surface area (Å²) in [6.07, 6.45) is 1.57. The number of ether oxygens (including phenoxy) is 1. The molecule has 1 aromatic carbocycles. The lowest BCUT2D eigenvalue weighted by atomic mass is 10.2. The van der Waals surface area contributed by atoms with E-state index in [4.69, 9.17) is 10.00 Å². The number of hydrogen-bond donors (Lipinski definition) is 0. The van der Waals surface area contributed by atoms with E-state index in [1.807, 2.05) is 31.3 Å². The van der Waals surface area contributed by atoms with Crippen LogP contribution in [0.4, 0.5) is 0 Å². The summed E-state index contributed by atoms with van der Waals surface area (Å²) < 4.78 is 6.85. The Labute approximate surface area is 93.7 Å². The highest BCUT2D eigenvalue weighted by molar-refractivity contribution is 5.58. The summed E-state index contributed by atoms with van der Waals surface area (Å²) in [5.41, 5.74) is 1.51. The molecule has 0 fully saturated rings. The number of nitrogens with zero attached hydrogens (tertiary/aromatic N) is 3. The Balaban J connectivity index is 2.43. The minimum Gasteiger partial charge on any atom is -0.497 e. The van der Waals surface area contributed by atoms with Crippen molar-refractivity contribution < 1.29 is 4.74 Å². The molecular formula is C12H11N3O. The molecule has 4 nitrogen and oxygen atoms in total. The van der Waals surface area contributed by atoms with E-state index in [0.29, 0.717) is 5.69 Å². The topological polar surface area (TPSA) is 50.8 Å². The number of aromatic nitrogens is 2. The van der Waals surface area contributed by atoms with Gasteiger partial charge >= 0.3 is 0 Å². The Hall–Kier alpha value is -2.28. The molecule has 0 saturated heterocycles. The average molecular weight is 213 g/mol. The van der Waals surface area contributed by atoms with Crippen LogP contribution >= 0.6 is 0 Å². The van der Waals surface area contributed by atoms with Crippen LogP contribution in [0.15, 0.2) is 30.5 Å². The van der Waals surface area contributed by atoms with Crippen molar-refractivity contribution in [2.24, 2.45) is 7.05 Å². The number of rotatable bonds is 2. The van der Waals surface area contributed by atoms with Gasteiger partial charge in [0.2, 0.25) is 0 Å². The van der Waals surface area contributed by atoms with Crippen LogP contribution < -0.4 is 4.74 Å². The van der Waals surface area contributed by atoms with Crippen molar-refractivity contribution in [3.05, 3.63) is 36.2 Å². The quantitative estimate of drug-likeness (QED) is 0.766. The SMILES string of the molecule is COc1ccc(-c2ncc(C#N)n2C)cc1. The molecule has 0 radical (unpaired) electrons. The van der Waals surface area contributed by atoms with E-state index in [1.54, 1.807) is 17.9 Å². The second kappa shape index (κ2) is 4.07. The predicted molar refractivity (Wildman–Crippen MR) is 59.9 cm³/mol. The van der Waals surface area contributed by atoms with E-state index < -0.39 is 0 Å². The Morgan fingerprint density at radius 1 is 1.31 bits per heavy atom. The lowest BCUT2D eigenvalue weighted by Crippen LogP contribution is -1.95. The molecule has 4 heteroatoms. The second-order valence-corrected chi connectivity index (χ2v) is 3.37. The van der Waals surface area contributed by atoms with Gasteiger partial charge in [-0.05, 0) is 24.3 Å². The fraction of sp³-hybridized carbons (Fsp3) is 0.167. The first-order valence-electron chi connectivity index (χ1n) is 4.82. The van der Waals surface area contributed by atoms with Gasteiger partial charge in [-0.3, -0.25) is 0 Å². The zero-order valence-electron chi connectivity index (χ0n) is 9.14. The Kier molecular flexibility index (Phi) is 2.61. The largest absolute Gasteiger partial charge is 0.497 e. The smallest absolute Gasteiger partial charge is 0.140 e. The van der Waals surface area contributed by atoms with Crippen LogP contribution in [0.25, 0.3) is 11.4 Å². The van der Waals surface area contributed by atoms with Crippen molar-refractivity contribution in [1.29, 1.82) is 5.26 Å². The van der Waals surface area contributed by atoms with Crippen molar-refractivity contribution in [3.63, 3.8) is 0 Å². The Morgan fingerprint density at radius 2 is 2.00 bits per heavy atom.